The largest absolute Gasteiger partial charge is 0.495 e. The Bertz CT molecular complexity index is 723. The van der Waals surface area contributed by atoms with Crippen molar-refractivity contribution in [3.8, 4) is 22.8 Å². The first kappa shape index (κ1) is 13.4. The number of hydrogen-bond acceptors (Lipinski definition) is 3. The third kappa shape index (κ3) is 2.52. The predicted molar refractivity (Wildman–Crippen MR) is 82.8 cm³/mol. The highest BCUT2D eigenvalue weighted by Gasteiger charge is 2.06. The summed E-state index contributed by atoms with van der Waals surface area (Å²) in [6.45, 7) is 4.18. The van der Waals surface area contributed by atoms with Gasteiger partial charge in [-0.3, -0.25) is 9.97 Å². The summed E-state index contributed by atoms with van der Waals surface area (Å²) in [7, 11) is 1.63. The van der Waals surface area contributed by atoms with Crippen molar-refractivity contribution in [1.82, 2.24) is 14.5 Å². The average Bonchev–Trinajstić information content (AvgIpc) is 2.87. The van der Waals surface area contributed by atoms with Gasteiger partial charge in [0.05, 0.1) is 36.6 Å². The Labute approximate surface area is 124 Å². The highest BCUT2D eigenvalue weighted by atomic mass is 16.5. The molecule has 0 spiro atoms. The van der Waals surface area contributed by atoms with E-state index in [0.717, 1.165) is 22.8 Å². The van der Waals surface area contributed by atoms with Gasteiger partial charge in [0.25, 0.3) is 0 Å². The zero-order valence-electron chi connectivity index (χ0n) is 12.4. The summed E-state index contributed by atoms with van der Waals surface area (Å²) in [5.74, 6) is 0.744. The molecule has 3 aromatic heterocycles. The smallest absolute Gasteiger partial charge is 0.137 e. The van der Waals surface area contributed by atoms with E-state index >= 15 is 0 Å². The molecule has 0 atom stereocenters. The third-order valence-electron chi connectivity index (χ3n) is 3.51. The number of pyridine rings is 2. The summed E-state index contributed by atoms with van der Waals surface area (Å²) < 4.78 is 7.29. The van der Waals surface area contributed by atoms with Crippen LogP contribution in [0.1, 0.15) is 11.4 Å². The lowest BCUT2D eigenvalue weighted by Crippen LogP contribution is -1.99. The van der Waals surface area contributed by atoms with Crippen molar-refractivity contribution in [3.63, 3.8) is 0 Å². The molecule has 0 saturated heterocycles. The molecule has 0 N–H and O–H groups in total. The van der Waals surface area contributed by atoms with Crippen molar-refractivity contribution in [1.29, 1.82) is 0 Å². The van der Waals surface area contributed by atoms with Crippen LogP contribution in [-0.4, -0.2) is 21.6 Å². The molecule has 0 aliphatic carbocycles. The van der Waals surface area contributed by atoms with Crippen molar-refractivity contribution >= 4 is 0 Å². The van der Waals surface area contributed by atoms with Gasteiger partial charge >= 0.3 is 0 Å². The fraction of sp³-hybridized carbons (Fsp3) is 0.176. The summed E-state index contributed by atoms with van der Waals surface area (Å²) in [6, 6.07) is 12.1. The van der Waals surface area contributed by atoms with Crippen molar-refractivity contribution < 1.29 is 4.74 Å². The Kier molecular flexibility index (Phi) is 3.44. The molecular weight excluding hydrogens is 262 g/mol. The number of methoxy groups -OCH3 is 1. The minimum Gasteiger partial charge on any atom is -0.495 e. The molecule has 106 valence electrons. The lowest BCUT2D eigenvalue weighted by molar-refractivity contribution is 0.413. The Hall–Kier alpha value is -2.62. The SMILES string of the molecule is COc1ccc(-c2ccc(-n3c(C)ccc3C)cn2)nc1. The molecule has 0 unspecified atom stereocenters. The lowest BCUT2D eigenvalue weighted by atomic mass is 10.2. The molecule has 3 rings (SSSR count). The van der Waals surface area contributed by atoms with Crippen molar-refractivity contribution in [3.05, 3.63) is 60.2 Å². The van der Waals surface area contributed by atoms with Crippen LogP contribution in [0.15, 0.2) is 48.8 Å². The molecular formula is C17H17N3O. The maximum absolute atomic E-state index is 5.11. The number of aromatic nitrogens is 3. The van der Waals surface area contributed by atoms with E-state index in [9.17, 15) is 0 Å². The van der Waals surface area contributed by atoms with Gasteiger partial charge < -0.3 is 9.30 Å². The van der Waals surface area contributed by atoms with Crippen LogP contribution < -0.4 is 4.74 Å². The van der Waals surface area contributed by atoms with Gasteiger partial charge in [-0.15, -0.1) is 0 Å². The van der Waals surface area contributed by atoms with Crippen molar-refractivity contribution in [2.75, 3.05) is 7.11 Å². The second-order valence-corrected chi connectivity index (χ2v) is 4.94. The molecule has 0 aliphatic rings. The van der Waals surface area contributed by atoms with Crippen LogP contribution in [-0.2, 0) is 0 Å². The lowest BCUT2D eigenvalue weighted by Gasteiger charge is -2.09. The van der Waals surface area contributed by atoms with Gasteiger partial charge in [-0.1, -0.05) is 0 Å². The number of aryl methyl sites for hydroxylation is 2. The molecule has 0 aromatic carbocycles. The molecule has 0 saturated carbocycles. The Morgan fingerprint density at radius 3 is 1.90 bits per heavy atom. The highest BCUT2D eigenvalue weighted by molar-refractivity contribution is 5.56. The van der Waals surface area contributed by atoms with Crippen LogP contribution in [0.5, 0.6) is 5.75 Å². The zero-order chi connectivity index (χ0) is 14.8. The third-order valence-corrected chi connectivity index (χ3v) is 3.51. The van der Waals surface area contributed by atoms with E-state index in [0.29, 0.717) is 0 Å². The van der Waals surface area contributed by atoms with Gasteiger partial charge in [0.2, 0.25) is 0 Å². The van der Waals surface area contributed by atoms with Gasteiger partial charge in [-0.05, 0) is 50.2 Å². The summed E-state index contributed by atoms with van der Waals surface area (Å²) in [4.78, 5) is 8.87. The summed E-state index contributed by atoms with van der Waals surface area (Å²) in [5.41, 5.74) is 5.15. The minimum atomic E-state index is 0.744. The molecule has 0 radical (unpaired) electrons. The van der Waals surface area contributed by atoms with Crippen LogP contribution in [0.4, 0.5) is 0 Å². The first-order valence-electron chi connectivity index (χ1n) is 6.81. The topological polar surface area (TPSA) is 39.9 Å². The van der Waals surface area contributed by atoms with E-state index < -0.39 is 0 Å². The first-order chi connectivity index (χ1) is 10.2. The maximum Gasteiger partial charge on any atom is 0.137 e. The van der Waals surface area contributed by atoms with Crippen LogP contribution in [0.3, 0.4) is 0 Å². The predicted octanol–water partition coefficient (Wildman–Crippen LogP) is 3.56. The number of nitrogens with zero attached hydrogens (tertiary/aromatic N) is 3. The van der Waals surface area contributed by atoms with Crippen molar-refractivity contribution in [2.45, 2.75) is 13.8 Å². The summed E-state index contributed by atoms with van der Waals surface area (Å²) in [5, 5.41) is 0. The Morgan fingerprint density at radius 1 is 0.810 bits per heavy atom. The molecule has 0 fully saturated rings. The molecule has 4 nitrogen and oxygen atoms in total. The molecule has 0 aliphatic heterocycles. The van der Waals surface area contributed by atoms with Gasteiger partial charge in [-0.2, -0.15) is 0 Å². The summed E-state index contributed by atoms with van der Waals surface area (Å²) >= 11 is 0. The van der Waals surface area contributed by atoms with Crippen LogP contribution in [0, 0.1) is 13.8 Å². The van der Waals surface area contributed by atoms with Gasteiger partial charge in [0.15, 0.2) is 0 Å². The van der Waals surface area contributed by atoms with Crippen LogP contribution in [0.25, 0.3) is 17.1 Å². The minimum absolute atomic E-state index is 0.744. The van der Waals surface area contributed by atoms with E-state index in [1.54, 1.807) is 13.3 Å². The maximum atomic E-state index is 5.11. The van der Waals surface area contributed by atoms with Gasteiger partial charge in [0, 0.05) is 11.4 Å². The fourth-order valence-corrected chi connectivity index (χ4v) is 2.40. The fourth-order valence-electron chi connectivity index (χ4n) is 2.40. The molecule has 21 heavy (non-hydrogen) atoms. The normalized spacial score (nSPS) is 10.6. The first-order valence-corrected chi connectivity index (χ1v) is 6.81. The monoisotopic (exact) mass is 279 g/mol. The van der Waals surface area contributed by atoms with Gasteiger partial charge in [0.1, 0.15) is 5.75 Å². The molecule has 4 heteroatoms. The number of rotatable bonds is 3. The number of hydrogen-bond donors (Lipinski definition) is 0. The van der Waals surface area contributed by atoms with Crippen molar-refractivity contribution in [2.24, 2.45) is 0 Å². The zero-order valence-corrected chi connectivity index (χ0v) is 12.4. The molecule has 3 aromatic rings. The van der Waals surface area contributed by atoms with Crippen LogP contribution in [0.2, 0.25) is 0 Å². The second-order valence-electron chi connectivity index (χ2n) is 4.94. The summed E-state index contributed by atoms with van der Waals surface area (Å²) in [6.07, 6.45) is 3.58. The molecule has 3 heterocycles. The average molecular weight is 279 g/mol. The van der Waals surface area contributed by atoms with Crippen LogP contribution >= 0.6 is 0 Å². The quantitative estimate of drug-likeness (QED) is 0.736. The van der Waals surface area contributed by atoms with E-state index in [1.807, 2.05) is 24.4 Å². The molecule has 0 bridgehead atoms. The van der Waals surface area contributed by atoms with E-state index in [-0.39, 0.29) is 0 Å². The van der Waals surface area contributed by atoms with Gasteiger partial charge in [-0.25, -0.2) is 0 Å². The second kappa shape index (κ2) is 5.40. The van der Waals surface area contributed by atoms with E-state index in [4.69, 9.17) is 4.74 Å². The standard InChI is InChI=1S/C17H17N3O/c1-12-4-5-13(2)20(12)14-6-8-16(18-10-14)17-9-7-15(21-3)11-19-17/h4-11H,1-3H3. The highest BCUT2D eigenvalue weighted by Crippen LogP contribution is 2.20. The molecule has 0 amide bonds. The Morgan fingerprint density at radius 2 is 1.43 bits per heavy atom. The number of ether oxygens (including phenoxy) is 1. The Balaban J connectivity index is 1.93. The van der Waals surface area contributed by atoms with E-state index in [2.05, 4.69) is 46.6 Å². The van der Waals surface area contributed by atoms with E-state index in [1.165, 1.54) is 11.4 Å².